The normalized spacial score (nSPS) is 10.7. The maximum absolute atomic E-state index is 12.1. The number of aromatic nitrogens is 3. The molecule has 0 fully saturated rings. The second-order valence-electron chi connectivity index (χ2n) is 3.88. The van der Waals surface area contributed by atoms with E-state index in [4.69, 9.17) is 4.74 Å². The molecule has 0 bridgehead atoms. The number of fused-ring (bicyclic) bond motifs is 1. The molecule has 106 valence electrons. The number of hydrogen-bond donors (Lipinski definition) is 0. The summed E-state index contributed by atoms with van der Waals surface area (Å²) in [5.41, 5.74) is -1.20. The van der Waals surface area contributed by atoms with Crippen LogP contribution in [0.1, 0.15) is 24.2 Å². The average Bonchev–Trinajstić information content (AvgIpc) is 2.85. The van der Waals surface area contributed by atoms with Crippen LogP contribution in [0.15, 0.2) is 17.2 Å². The van der Waals surface area contributed by atoms with Crippen molar-refractivity contribution in [2.75, 3.05) is 6.61 Å². The first-order valence-electron chi connectivity index (χ1n) is 5.93. The van der Waals surface area contributed by atoms with Gasteiger partial charge in [-0.2, -0.15) is 9.61 Å². The molecular formula is C11H12N4O5. The van der Waals surface area contributed by atoms with Gasteiger partial charge in [0.05, 0.1) is 11.5 Å². The van der Waals surface area contributed by atoms with Gasteiger partial charge in [-0.3, -0.25) is 14.9 Å². The van der Waals surface area contributed by atoms with Gasteiger partial charge in [0.25, 0.3) is 5.56 Å². The van der Waals surface area contributed by atoms with Crippen LogP contribution in [-0.2, 0) is 11.3 Å². The monoisotopic (exact) mass is 280 g/mol. The van der Waals surface area contributed by atoms with Gasteiger partial charge in [-0.1, -0.05) is 0 Å². The first-order chi connectivity index (χ1) is 9.51. The Balaban J connectivity index is 2.78. The zero-order chi connectivity index (χ0) is 14.9. The molecule has 9 nitrogen and oxygen atoms in total. The van der Waals surface area contributed by atoms with Gasteiger partial charge in [-0.25, -0.2) is 4.79 Å². The summed E-state index contributed by atoms with van der Waals surface area (Å²) in [6.45, 7) is 3.81. The van der Waals surface area contributed by atoms with Gasteiger partial charge in [0.1, 0.15) is 11.8 Å². The van der Waals surface area contributed by atoms with Crippen molar-refractivity contribution in [1.29, 1.82) is 0 Å². The summed E-state index contributed by atoms with van der Waals surface area (Å²) in [5, 5.41) is 14.6. The Kier molecular flexibility index (Phi) is 3.51. The number of hydrogen-bond acceptors (Lipinski definition) is 6. The largest absolute Gasteiger partial charge is 0.462 e. The summed E-state index contributed by atoms with van der Waals surface area (Å²) in [7, 11) is 0. The van der Waals surface area contributed by atoms with Crippen LogP contribution in [0.4, 0.5) is 5.69 Å². The van der Waals surface area contributed by atoms with E-state index in [9.17, 15) is 19.7 Å². The SMILES string of the molecule is CCOC(=O)c1cn(CC)c2c([N+](=O)[O-])cnn2c1=O. The van der Waals surface area contributed by atoms with E-state index < -0.39 is 16.5 Å². The van der Waals surface area contributed by atoms with Crippen molar-refractivity contribution in [2.45, 2.75) is 20.4 Å². The number of ether oxygens (including phenoxy) is 1. The number of esters is 1. The van der Waals surface area contributed by atoms with Gasteiger partial charge >= 0.3 is 11.7 Å². The minimum Gasteiger partial charge on any atom is -0.462 e. The summed E-state index contributed by atoms with van der Waals surface area (Å²) in [5.74, 6) is -0.778. The molecule has 2 rings (SSSR count). The molecule has 0 aliphatic heterocycles. The maximum atomic E-state index is 12.1. The molecule has 0 N–H and O–H groups in total. The Morgan fingerprint density at radius 1 is 1.50 bits per heavy atom. The van der Waals surface area contributed by atoms with Crippen molar-refractivity contribution in [3.8, 4) is 0 Å². The first kappa shape index (κ1) is 13.7. The summed E-state index contributed by atoms with van der Waals surface area (Å²) in [6, 6.07) is 0. The third-order valence-electron chi connectivity index (χ3n) is 2.74. The topological polar surface area (TPSA) is 109 Å². The van der Waals surface area contributed by atoms with Crippen molar-refractivity contribution in [1.82, 2.24) is 14.2 Å². The number of nitro groups is 1. The summed E-state index contributed by atoms with van der Waals surface area (Å²) in [6.07, 6.45) is 2.24. The lowest BCUT2D eigenvalue weighted by atomic mass is 10.3. The highest BCUT2D eigenvalue weighted by Gasteiger charge is 2.23. The average molecular weight is 280 g/mol. The van der Waals surface area contributed by atoms with Crippen LogP contribution in [0.3, 0.4) is 0 Å². The van der Waals surface area contributed by atoms with E-state index in [2.05, 4.69) is 5.10 Å². The fourth-order valence-electron chi connectivity index (χ4n) is 1.86. The van der Waals surface area contributed by atoms with Crippen LogP contribution in [-0.4, -0.2) is 31.7 Å². The van der Waals surface area contributed by atoms with Crippen molar-refractivity contribution in [3.63, 3.8) is 0 Å². The zero-order valence-electron chi connectivity index (χ0n) is 10.9. The van der Waals surface area contributed by atoms with E-state index in [1.165, 1.54) is 10.8 Å². The summed E-state index contributed by atoms with van der Waals surface area (Å²) >= 11 is 0. The van der Waals surface area contributed by atoms with E-state index in [0.29, 0.717) is 6.54 Å². The smallest absolute Gasteiger partial charge is 0.345 e. The number of carbonyl (C=O) groups excluding carboxylic acids is 1. The summed E-state index contributed by atoms with van der Waals surface area (Å²) < 4.78 is 7.04. The third-order valence-corrected chi connectivity index (χ3v) is 2.74. The van der Waals surface area contributed by atoms with Gasteiger partial charge in [0, 0.05) is 12.7 Å². The number of nitrogens with zero attached hydrogens (tertiary/aromatic N) is 4. The van der Waals surface area contributed by atoms with Crippen molar-refractivity contribution >= 4 is 17.3 Å². The highest BCUT2D eigenvalue weighted by molar-refractivity contribution is 5.89. The molecule has 0 aromatic carbocycles. The minimum absolute atomic E-state index is 0.0375. The molecule has 2 aromatic rings. The molecule has 0 saturated carbocycles. The van der Waals surface area contributed by atoms with Crippen molar-refractivity contribution in [2.24, 2.45) is 0 Å². The fourth-order valence-corrected chi connectivity index (χ4v) is 1.86. The van der Waals surface area contributed by atoms with Crippen LogP contribution < -0.4 is 5.56 Å². The maximum Gasteiger partial charge on any atom is 0.345 e. The van der Waals surface area contributed by atoms with Gasteiger partial charge in [0.2, 0.25) is 5.65 Å². The standard InChI is InChI=1S/C11H12N4O5/c1-3-13-6-7(11(17)20-4-2)10(16)14-9(13)8(5-12-14)15(18)19/h5-6H,3-4H2,1-2H3. The Bertz CT molecular complexity index is 745. The number of rotatable bonds is 4. The van der Waals surface area contributed by atoms with Gasteiger partial charge < -0.3 is 9.30 Å². The van der Waals surface area contributed by atoms with Gasteiger partial charge in [0.15, 0.2) is 0 Å². The lowest BCUT2D eigenvalue weighted by molar-refractivity contribution is -0.383. The van der Waals surface area contributed by atoms with Crippen LogP contribution in [0.2, 0.25) is 0 Å². The lowest BCUT2D eigenvalue weighted by Crippen LogP contribution is -2.27. The molecule has 0 atom stereocenters. The van der Waals surface area contributed by atoms with Crippen LogP contribution >= 0.6 is 0 Å². The highest BCUT2D eigenvalue weighted by atomic mass is 16.6. The minimum atomic E-state index is -0.778. The molecule has 20 heavy (non-hydrogen) atoms. The molecule has 0 aliphatic carbocycles. The molecule has 0 unspecified atom stereocenters. The Morgan fingerprint density at radius 2 is 2.20 bits per heavy atom. The zero-order valence-corrected chi connectivity index (χ0v) is 10.9. The van der Waals surface area contributed by atoms with E-state index >= 15 is 0 Å². The Labute approximate surface area is 112 Å². The van der Waals surface area contributed by atoms with E-state index in [1.807, 2.05) is 0 Å². The van der Waals surface area contributed by atoms with E-state index in [1.54, 1.807) is 13.8 Å². The molecular weight excluding hydrogens is 268 g/mol. The quantitative estimate of drug-likeness (QED) is 0.461. The predicted molar refractivity (Wildman–Crippen MR) is 67.7 cm³/mol. The van der Waals surface area contributed by atoms with Crippen LogP contribution in [0.5, 0.6) is 0 Å². The van der Waals surface area contributed by atoms with Crippen molar-refractivity contribution in [3.05, 3.63) is 38.4 Å². The summed E-state index contributed by atoms with van der Waals surface area (Å²) in [4.78, 5) is 34.1. The van der Waals surface area contributed by atoms with Gasteiger partial charge in [-0.05, 0) is 13.8 Å². The van der Waals surface area contributed by atoms with Crippen molar-refractivity contribution < 1.29 is 14.5 Å². The second kappa shape index (κ2) is 5.11. The lowest BCUT2D eigenvalue weighted by Gasteiger charge is -2.08. The highest BCUT2D eigenvalue weighted by Crippen LogP contribution is 2.18. The molecule has 0 amide bonds. The fraction of sp³-hybridized carbons (Fsp3) is 0.364. The molecule has 9 heteroatoms. The Morgan fingerprint density at radius 3 is 2.75 bits per heavy atom. The van der Waals surface area contributed by atoms with Gasteiger partial charge in [-0.15, -0.1) is 0 Å². The molecule has 0 radical (unpaired) electrons. The Hall–Kier alpha value is -2.71. The third kappa shape index (κ3) is 2.02. The molecule has 2 heterocycles. The van der Waals surface area contributed by atoms with Crippen LogP contribution in [0, 0.1) is 10.1 Å². The first-order valence-corrected chi connectivity index (χ1v) is 5.93. The number of carbonyl (C=O) groups is 1. The molecule has 2 aromatic heterocycles. The van der Waals surface area contributed by atoms with E-state index in [-0.39, 0.29) is 23.5 Å². The molecule has 0 saturated heterocycles. The second-order valence-corrected chi connectivity index (χ2v) is 3.88. The van der Waals surface area contributed by atoms with Crippen LogP contribution in [0.25, 0.3) is 5.65 Å². The number of aryl methyl sites for hydroxylation is 1. The molecule has 0 aliphatic rings. The molecule has 0 spiro atoms. The van der Waals surface area contributed by atoms with E-state index in [0.717, 1.165) is 10.7 Å². The predicted octanol–water partition coefficient (Wildman–Crippen LogP) is 0.601.